The van der Waals surface area contributed by atoms with Gasteiger partial charge in [0.15, 0.2) is 0 Å². The van der Waals surface area contributed by atoms with Crippen LogP contribution in [0.5, 0.6) is 0 Å². The number of nitrogens with zero attached hydrogens (tertiary/aromatic N) is 2. The van der Waals surface area contributed by atoms with E-state index in [1.54, 1.807) is 17.0 Å². The first kappa shape index (κ1) is 18.2. The molecule has 0 spiro atoms. The topological polar surface area (TPSA) is 79.7 Å². The third-order valence-electron chi connectivity index (χ3n) is 5.53. The van der Waals surface area contributed by atoms with Crippen LogP contribution in [-0.4, -0.2) is 53.7 Å². The molecule has 1 aliphatic heterocycles. The number of fused-ring (bicyclic) bond motifs is 1. The van der Waals surface area contributed by atoms with Crippen LogP contribution in [0.3, 0.4) is 0 Å². The minimum atomic E-state index is -1.05. The van der Waals surface area contributed by atoms with Gasteiger partial charge in [0.2, 0.25) is 0 Å². The summed E-state index contributed by atoms with van der Waals surface area (Å²) in [5.41, 5.74) is 1.16. The van der Waals surface area contributed by atoms with E-state index in [2.05, 4.69) is 0 Å². The highest BCUT2D eigenvalue weighted by molar-refractivity contribution is 6.31. The number of carboxylic acids is 1. The van der Waals surface area contributed by atoms with Crippen molar-refractivity contribution in [3.05, 3.63) is 40.5 Å². The highest BCUT2D eigenvalue weighted by Gasteiger charge is 2.46. The molecule has 1 aromatic carbocycles. The normalized spacial score (nSPS) is 22.4. The Morgan fingerprint density at radius 3 is 2.81 bits per heavy atom. The lowest BCUT2D eigenvalue weighted by molar-refractivity contribution is -0.151. The van der Waals surface area contributed by atoms with Gasteiger partial charge in [-0.3, -0.25) is 14.6 Å². The maximum absolute atomic E-state index is 13.3. The third kappa shape index (κ3) is 3.28. The van der Waals surface area contributed by atoms with Crippen molar-refractivity contribution in [2.75, 3.05) is 26.8 Å². The van der Waals surface area contributed by atoms with Gasteiger partial charge in [-0.05, 0) is 43.5 Å². The largest absolute Gasteiger partial charge is 0.481 e. The lowest BCUT2D eigenvalue weighted by Crippen LogP contribution is -2.40. The number of amides is 1. The van der Waals surface area contributed by atoms with Gasteiger partial charge in [0.1, 0.15) is 5.41 Å². The highest BCUT2D eigenvalue weighted by Crippen LogP contribution is 2.41. The molecule has 0 radical (unpaired) electrons. The minimum absolute atomic E-state index is 0.0857. The SMILES string of the molecule is COCC1(C(=O)O)CCN(C(=O)c2cc(C3CC3)nc3ccc(Cl)cc23)C1. The molecule has 142 valence electrons. The molecule has 1 atom stereocenters. The number of halogens is 1. The third-order valence-corrected chi connectivity index (χ3v) is 5.77. The maximum Gasteiger partial charge on any atom is 0.313 e. The second-order valence-corrected chi connectivity index (χ2v) is 7.96. The average molecular weight is 389 g/mol. The fourth-order valence-corrected chi connectivity index (χ4v) is 4.00. The molecule has 1 amide bonds. The summed E-state index contributed by atoms with van der Waals surface area (Å²) >= 11 is 6.15. The molecule has 2 aromatic rings. The molecule has 4 rings (SSSR count). The van der Waals surface area contributed by atoms with E-state index in [1.807, 2.05) is 12.1 Å². The Morgan fingerprint density at radius 2 is 2.15 bits per heavy atom. The summed E-state index contributed by atoms with van der Waals surface area (Å²) in [6.07, 6.45) is 2.54. The zero-order valence-corrected chi connectivity index (χ0v) is 15.8. The molecular weight excluding hydrogens is 368 g/mol. The molecule has 6 nitrogen and oxygen atoms in total. The summed E-state index contributed by atoms with van der Waals surface area (Å²) in [6.45, 7) is 0.609. The smallest absolute Gasteiger partial charge is 0.313 e. The Bertz CT molecular complexity index is 928. The quantitative estimate of drug-likeness (QED) is 0.849. The van der Waals surface area contributed by atoms with E-state index in [0.29, 0.717) is 34.9 Å². The van der Waals surface area contributed by atoms with Crippen LogP contribution < -0.4 is 0 Å². The molecule has 1 aromatic heterocycles. The maximum atomic E-state index is 13.3. The van der Waals surface area contributed by atoms with E-state index in [1.165, 1.54) is 7.11 Å². The lowest BCUT2D eigenvalue weighted by atomic mass is 9.88. The number of rotatable bonds is 5. The zero-order chi connectivity index (χ0) is 19.2. The number of hydrogen-bond acceptors (Lipinski definition) is 4. The number of likely N-dealkylation sites (tertiary alicyclic amines) is 1. The van der Waals surface area contributed by atoms with Crippen LogP contribution in [0.1, 0.15) is 41.2 Å². The first-order valence-electron chi connectivity index (χ1n) is 9.05. The van der Waals surface area contributed by atoms with Gasteiger partial charge in [0.05, 0.1) is 17.7 Å². The van der Waals surface area contributed by atoms with Crippen LogP contribution in [0.15, 0.2) is 24.3 Å². The Hall–Kier alpha value is -2.18. The van der Waals surface area contributed by atoms with Crippen molar-refractivity contribution < 1.29 is 19.4 Å². The van der Waals surface area contributed by atoms with E-state index >= 15 is 0 Å². The van der Waals surface area contributed by atoms with Crippen LogP contribution in [0.2, 0.25) is 5.02 Å². The minimum Gasteiger partial charge on any atom is -0.481 e. The van der Waals surface area contributed by atoms with Crippen LogP contribution in [-0.2, 0) is 9.53 Å². The number of carbonyl (C=O) groups excluding carboxylic acids is 1. The van der Waals surface area contributed by atoms with Crippen molar-refractivity contribution in [1.82, 2.24) is 9.88 Å². The van der Waals surface area contributed by atoms with Crippen LogP contribution in [0.4, 0.5) is 0 Å². The number of carboxylic acid groups (broad SMARTS) is 1. The number of methoxy groups -OCH3 is 1. The van der Waals surface area contributed by atoms with Gasteiger partial charge in [-0.2, -0.15) is 0 Å². The summed E-state index contributed by atoms with van der Waals surface area (Å²) < 4.78 is 5.12. The first-order chi connectivity index (χ1) is 12.9. The number of ether oxygens (including phenoxy) is 1. The predicted molar refractivity (Wildman–Crippen MR) is 101 cm³/mol. The fraction of sp³-hybridized carbons (Fsp3) is 0.450. The average Bonchev–Trinajstić information content (AvgIpc) is 3.40. The summed E-state index contributed by atoms with van der Waals surface area (Å²) in [6, 6.07) is 7.21. The zero-order valence-electron chi connectivity index (χ0n) is 15.1. The van der Waals surface area contributed by atoms with E-state index in [4.69, 9.17) is 21.3 Å². The number of aromatic nitrogens is 1. The molecule has 2 heterocycles. The fourth-order valence-electron chi connectivity index (χ4n) is 3.83. The van der Waals surface area contributed by atoms with Gasteiger partial charge >= 0.3 is 5.97 Å². The molecule has 27 heavy (non-hydrogen) atoms. The summed E-state index contributed by atoms with van der Waals surface area (Å²) in [5.74, 6) is -0.700. The van der Waals surface area contributed by atoms with E-state index in [0.717, 1.165) is 24.1 Å². The van der Waals surface area contributed by atoms with Crippen molar-refractivity contribution in [1.29, 1.82) is 0 Å². The Morgan fingerprint density at radius 1 is 1.37 bits per heavy atom. The van der Waals surface area contributed by atoms with Crippen LogP contribution in [0.25, 0.3) is 10.9 Å². The molecule has 1 N–H and O–H groups in total. The van der Waals surface area contributed by atoms with Crippen LogP contribution >= 0.6 is 11.6 Å². The number of pyridine rings is 1. The number of carbonyl (C=O) groups is 2. The Labute approximate surface area is 162 Å². The molecule has 1 saturated carbocycles. The molecule has 7 heteroatoms. The number of aliphatic carboxylic acids is 1. The van der Waals surface area contributed by atoms with E-state index in [-0.39, 0.29) is 19.1 Å². The van der Waals surface area contributed by atoms with Gasteiger partial charge in [-0.15, -0.1) is 0 Å². The van der Waals surface area contributed by atoms with Crippen LogP contribution in [0, 0.1) is 5.41 Å². The van der Waals surface area contributed by atoms with Gasteiger partial charge in [-0.1, -0.05) is 11.6 Å². The summed E-state index contributed by atoms with van der Waals surface area (Å²) in [4.78, 5) is 31.4. The molecule has 1 saturated heterocycles. The van der Waals surface area contributed by atoms with E-state index in [9.17, 15) is 14.7 Å². The van der Waals surface area contributed by atoms with Crippen molar-refractivity contribution in [2.45, 2.75) is 25.2 Å². The molecule has 2 fully saturated rings. The first-order valence-corrected chi connectivity index (χ1v) is 9.43. The van der Waals surface area contributed by atoms with E-state index < -0.39 is 11.4 Å². The van der Waals surface area contributed by atoms with Gasteiger partial charge in [-0.25, -0.2) is 0 Å². The van der Waals surface area contributed by atoms with Crippen molar-refractivity contribution in [3.63, 3.8) is 0 Å². The van der Waals surface area contributed by atoms with Gasteiger partial charge < -0.3 is 14.7 Å². The molecule has 0 bridgehead atoms. The van der Waals surface area contributed by atoms with Gasteiger partial charge in [0, 0.05) is 42.2 Å². The second kappa shape index (κ2) is 6.77. The molecule has 2 aliphatic rings. The molecular formula is C20H21ClN2O4. The number of hydrogen-bond donors (Lipinski definition) is 1. The standard InChI is InChI=1S/C20H21ClN2O4/c1-27-11-20(19(25)26)6-7-23(10-20)18(24)15-9-17(12-2-3-12)22-16-5-4-13(21)8-14(15)16/h4-5,8-9,12H,2-3,6-7,10-11H2,1H3,(H,25,26). The Balaban J connectivity index is 1.72. The monoisotopic (exact) mass is 388 g/mol. The summed E-state index contributed by atoms with van der Waals surface area (Å²) in [5, 5.41) is 10.9. The Kier molecular flexibility index (Phi) is 4.56. The summed E-state index contributed by atoms with van der Waals surface area (Å²) in [7, 11) is 1.48. The highest BCUT2D eigenvalue weighted by atomic mass is 35.5. The van der Waals surface area contributed by atoms with Gasteiger partial charge in [0.25, 0.3) is 5.91 Å². The predicted octanol–water partition coefficient (Wildman–Crippen LogP) is 3.33. The second-order valence-electron chi connectivity index (χ2n) is 7.53. The lowest BCUT2D eigenvalue weighted by Gasteiger charge is -2.24. The number of benzene rings is 1. The van der Waals surface area contributed by atoms with Crippen molar-refractivity contribution in [2.24, 2.45) is 5.41 Å². The molecule has 1 unspecified atom stereocenters. The van der Waals surface area contributed by atoms with Crippen molar-refractivity contribution >= 4 is 34.4 Å². The molecule has 1 aliphatic carbocycles. The van der Waals surface area contributed by atoms with Crippen molar-refractivity contribution in [3.8, 4) is 0 Å².